The Morgan fingerprint density at radius 3 is 2.62 bits per heavy atom. The van der Waals surface area contributed by atoms with E-state index in [1.165, 1.54) is 5.56 Å². The fraction of sp³-hybridized carbons (Fsp3) is 0.500. The van der Waals surface area contributed by atoms with Gasteiger partial charge in [0.2, 0.25) is 11.8 Å². The lowest BCUT2D eigenvalue weighted by Crippen LogP contribution is -2.22. The van der Waals surface area contributed by atoms with E-state index in [1.807, 2.05) is 26.1 Å². The van der Waals surface area contributed by atoms with Crippen molar-refractivity contribution in [2.75, 3.05) is 0 Å². The van der Waals surface area contributed by atoms with Crippen molar-refractivity contribution in [2.24, 2.45) is 7.05 Å². The van der Waals surface area contributed by atoms with Gasteiger partial charge in [-0.2, -0.15) is 5.10 Å². The van der Waals surface area contributed by atoms with E-state index in [9.17, 15) is 0 Å². The lowest BCUT2D eigenvalue weighted by molar-refractivity contribution is 0.413. The Kier molecular flexibility index (Phi) is 4.96. The normalized spacial score (nSPS) is 11.1. The molecule has 1 N–H and O–H groups in total. The summed E-state index contributed by atoms with van der Waals surface area (Å²) in [6.07, 6.45) is 0.885. The molecule has 0 spiro atoms. The fourth-order valence-corrected chi connectivity index (χ4v) is 2.07. The number of nitrogens with one attached hydrogen (secondary N) is 1. The Balaban J connectivity index is 2.21. The van der Waals surface area contributed by atoms with Crippen molar-refractivity contribution in [3.63, 3.8) is 0 Å². The molecule has 5 heteroatoms. The number of rotatable bonds is 6. The molecule has 0 radical (unpaired) electrons. The van der Waals surface area contributed by atoms with Crippen molar-refractivity contribution in [3.05, 3.63) is 35.2 Å². The lowest BCUT2D eigenvalue weighted by atomic mass is 10.2. The van der Waals surface area contributed by atoms with E-state index >= 15 is 0 Å². The molecule has 5 nitrogen and oxygen atoms in total. The average Bonchev–Trinajstić information content (AvgIpc) is 2.74. The molecule has 0 saturated heterocycles. The highest BCUT2D eigenvalue weighted by Crippen LogP contribution is 2.21. The van der Waals surface area contributed by atoms with E-state index in [2.05, 4.69) is 42.2 Å². The highest BCUT2D eigenvalue weighted by molar-refractivity contribution is 5.29. The Hall–Kier alpha value is -1.88. The fourth-order valence-electron chi connectivity index (χ4n) is 2.07. The van der Waals surface area contributed by atoms with Crippen LogP contribution in [-0.2, 0) is 20.0 Å². The van der Waals surface area contributed by atoms with Gasteiger partial charge in [-0.1, -0.05) is 20.8 Å². The Labute approximate surface area is 126 Å². The molecule has 2 aromatic rings. The highest BCUT2D eigenvalue weighted by Gasteiger charge is 2.08. The Bertz CT molecular complexity index is 604. The van der Waals surface area contributed by atoms with Gasteiger partial charge in [0.1, 0.15) is 0 Å². The highest BCUT2D eigenvalue weighted by atomic mass is 16.5. The van der Waals surface area contributed by atoms with Crippen LogP contribution in [0.1, 0.15) is 37.7 Å². The Morgan fingerprint density at radius 1 is 1.29 bits per heavy atom. The van der Waals surface area contributed by atoms with Crippen LogP contribution in [0, 0.1) is 6.92 Å². The second kappa shape index (κ2) is 6.72. The van der Waals surface area contributed by atoms with Crippen LogP contribution >= 0.6 is 0 Å². The van der Waals surface area contributed by atoms with Crippen molar-refractivity contribution in [1.29, 1.82) is 0 Å². The first-order chi connectivity index (χ1) is 9.97. The minimum atomic E-state index is 0.451. The van der Waals surface area contributed by atoms with Gasteiger partial charge in [0.25, 0.3) is 0 Å². The quantitative estimate of drug-likeness (QED) is 0.888. The van der Waals surface area contributed by atoms with Crippen molar-refractivity contribution in [2.45, 2.75) is 46.7 Å². The zero-order valence-corrected chi connectivity index (χ0v) is 13.5. The van der Waals surface area contributed by atoms with E-state index in [4.69, 9.17) is 4.74 Å². The van der Waals surface area contributed by atoms with Crippen LogP contribution in [0.2, 0.25) is 0 Å². The van der Waals surface area contributed by atoms with Crippen LogP contribution in [0.5, 0.6) is 11.8 Å². The summed E-state index contributed by atoms with van der Waals surface area (Å²) in [4.78, 5) is 4.53. The predicted octanol–water partition coefficient (Wildman–Crippen LogP) is 2.98. The molecule has 2 aromatic heterocycles. The molecule has 0 fully saturated rings. The van der Waals surface area contributed by atoms with Gasteiger partial charge in [-0.3, -0.25) is 0 Å². The number of pyridine rings is 1. The molecule has 0 aliphatic heterocycles. The maximum absolute atomic E-state index is 5.88. The van der Waals surface area contributed by atoms with Gasteiger partial charge in [-0.15, -0.1) is 0 Å². The van der Waals surface area contributed by atoms with Crippen LogP contribution < -0.4 is 10.1 Å². The van der Waals surface area contributed by atoms with Crippen LogP contribution in [0.25, 0.3) is 0 Å². The first-order valence-corrected chi connectivity index (χ1v) is 7.39. The molecule has 0 aliphatic rings. The molecular formula is C16H24N4O. The van der Waals surface area contributed by atoms with Crippen molar-refractivity contribution in [1.82, 2.24) is 20.1 Å². The summed E-state index contributed by atoms with van der Waals surface area (Å²) in [5, 5.41) is 7.70. The molecular weight excluding hydrogens is 264 g/mol. The monoisotopic (exact) mass is 288 g/mol. The molecule has 0 bridgehead atoms. The molecule has 21 heavy (non-hydrogen) atoms. The molecule has 0 saturated carbocycles. The number of ether oxygens (including phenoxy) is 1. The summed E-state index contributed by atoms with van der Waals surface area (Å²) in [7, 11) is 1.87. The van der Waals surface area contributed by atoms with Crippen LogP contribution in [0.15, 0.2) is 18.2 Å². The average molecular weight is 288 g/mol. The van der Waals surface area contributed by atoms with Gasteiger partial charge in [-0.25, -0.2) is 9.67 Å². The first-order valence-electron chi connectivity index (χ1n) is 7.39. The molecule has 114 valence electrons. The third-order valence-corrected chi connectivity index (χ3v) is 3.16. The molecule has 2 rings (SSSR count). The van der Waals surface area contributed by atoms with Crippen LogP contribution in [0.4, 0.5) is 0 Å². The maximum atomic E-state index is 5.88. The summed E-state index contributed by atoms with van der Waals surface area (Å²) in [6.45, 7) is 9.13. The van der Waals surface area contributed by atoms with Gasteiger partial charge >= 0.3 is 0 Å². The number of hydrogen-bond donors (Lipinski definition) is 1. The van der Waals surface area contributed by atoms with Crippen molar-refractivity contribution < 1.29 is 4.74 Å². The van der Waals surface area contributed by atoms with Gasteiger partial charge in [0.05, 0.1) is 5.69 Å². The summed E-state index contributed by atoms with van der Waals surface area (Å²) in [5.41, 5.74) is 3.15. The Morgan fingerprint density at radius 2 is 2.05 bits per heavy atom. The van der Waals surface area contributed by atoms with E-state index in [-0.39, 0.29) is 0 Å². The summed E-state index contributed by atoms with van der Waals surface area (Å²) < 4.78 is 7.61. The molecule has 0 amide bonds. The second-order valence-electron chi connectivity index (χ2n) is 5.54. The predicted molar refractivity (Wildman–Crippen MR) is 83.6 cm³/mol. The lowest BCUT2D eigenvalue weighted by Gasteiger charge is -2.11. The minimum absolute atomic E-state index is 0.451. The number of nitrogens with zero attached hydrogens (tertiary/aromatic N) is 3. The van der Waals surface area contributed by atoms with Crippen LogP contribution in [-0.4, -0.2) is 20.8 Å². The van der Waals surface area contributed by atoms with Crippen molar-refractivity contribution in [3.8, 4) is 11.8 Å². The van der Waals surface area contributed by atoms with Crippen LogP contribution in [0.3, 0.4) is 0 Å². The van der Waals surface area contributed by atoms with E-state index in [0.29, 0.717) is 17.8 Å². The van der Waals surface area contributed by atoms with Gasteiger partial charge in [-0.05, 0) is 25.0 Å². The topological polar surface area (TPSA) is 52.0 Å². The summed E-state index contributed by atoms with van der Waals surface area (Å²) >= 11 is 0. The molecule has 2 heterocycles. The summed E-state index contributed by atoms with van der Waals surface area (Å²) in [5.74, 6) is 1.33. The van der Waals surface area contributed by atoms with Crippen molar-refractivity contribution >= 4 is 0 Å². The number of aromatic nitrogens is 3. The maximum Gasteiger partial charge on any atom is 0.221 e. The largest absolute Gasteiger partial charge is 0.421 e. The zero-order chi connectivity index (χ0) is 15.4. The zero-order valence-electron chi connectivity index (χ0n) is 13.5. The third kappa shape index (κ3) is 4.29. The number of aryl methyl sites for hydroxylation is 3. The molecule has 0 aliphatic carbocycles. The molecule has 0 aromatic carbocycles. The molecule has 0 atom stereocenters. The second-order valence-corrected chi connectivity index (χ2v) is 5.54. The first kappa shape index (κ1) is 15.5. The standard InChI is InChI=1S/C16H24N4O/c1-6-14-8-13(10-17-11(2)3)9-15(18-14)21-16-7-12(4)19-20(16)5/h7-9,11,17H,6,10H2,1-5H3. The van der Waals surface area contributed by atoms with Gasteiger partial charge in [0, 0.05) is 37.5 Å². The van der Waals surface area contributed by atoms with E-state index in [0.717, 1.165) is 24.4 Å². The van der Waals surface area contributed by atoms with E-state index < -0.39 is 0 Å². The smallest absolute Gasteiger partial charge is 0.221 e. The SMILES string of the molecule is CCc1cc(CNC(C)C)cc(Oc2cc(C)nn2C)n1. The minimum Gasteiger partial charge on any atom is -0.421 e. The third-order valence-electron chi connectivity index (χ3n) is 3.16. The number of hydrogen-bond acceptors (Lipinski definition) is 4. The van der Waals surface area contributed by atoms with Gasteiger partial charge < -0.3 is 10.1 Å². The van der Waals surface area contributed by atoms with Gasteiger partial charge in [0.15, 0.2) is 0 Å². The summed E-state index contributed by atoms with van der Waals surface area (Å²) in [6, 6.07) is 6.47. The van der Waals surface area contributed by atoms with E-state index in [1.54, 1.807) is 4.68 Å². The molecule has 0 unspecified atom stereocenters.